The summed E-state index contributed by atoms with van der Waals surface area (Å²) in [6, 6.07) is 10.9. The first-order valence-electron chi connectivity index (χ1n) is 5.11. The summed E-state index contributed by atoms with van der Waals surface area (Å²) in [4.78, 5) is 0. The molecule has 72 valence electrons. The molecule has 1 heteroatoms. The number of hydrogen-bond acceptors (Lipinski definition) is 1. The van der Waals surface area contributed by atoms with E-state index in [1.807, 2.05) is 6.07 Å². The Balaban J connectivity index is 2.09. The molecule has 0 saturated heterocycles. The Kier molecular flexibility index (Phi) is 1.60. The van der Waals surface area contributed by atoms with Crippen LogP contribution in [0.3, 0.4) is 0 Å². The quantitative estimate of drug-likeness (QED) is 0.651. The minimum Gasteiger partial charge on any atom is -0.522 e. The minimum atomic E-state index is 0.841. The van der Waals surface area contributed by atoms with Crippen LogP contribution in [0.15, 0.2) is 30.3 Å². The van der Waals surface area contributed by atoms with Crippen molar-refractivity contribution in [1.82, 2.24) is 0 Å². The van der Waals surface area contributed by atoms with Crippen LogP contribution in [0.5, 0.6) is 5.75 Å². The summed E-state index contributed by atoms with van der Waals surface area (Å²) in [5.74, 6) is 1.79. The van der Waals surface area contributed by atoms with E-state index in [1.165, 1.54) is 29.5 Å². The van der Waals surface area contributed by atoms with E-state index in [9.17, 15) is 0 Å². The van der Waals surface area contributed by atoms with E-state index < -0.39 is 0 Å². The van der Waals surface area contributed by atoms with Crippen molar-refractivity contribution in [2.75, 3.05) is 7.11 Å². The summed E-state index contributed by atoms with van der Waals surface area (Å²) in [5.41, 5.74) is 4.16. The lowest BCUT2D eigenvalue weighted by Gasteiger charge is -2.10. The van der Waals surface area contributed by atoms with Crippen LogP contribution in [0.1, 0.15) is 24.3 Å². The molecule has 0 spiro atoms. The van der Waals surface area contributed by atoms with Gasteiger partial charge in [0, 0.05) is 5.75 Å². The van der Waals surface area contributed by atoms with Gasteiger partial charge < -0.3 is 4.74 Å². The van der Waals surface area contributed by atoms with E-state index in [2.05, 4.69) is 24.3 Å². The predicted molar refractivity (Wildman–Crippen MR) is 57.2 cm³/mol. The SMILES string of the molecule is COc1cc2cc(C3CC3)cc-2c[cH-]1. The first kappa shape index (κ1) is 7.98. The van der Waals surface area contributed by atoms with E-state index in [1.54, 1.807) is 7.11 Å². The molecule has 1 nitrogen and oxygen atoms in total. The van der Waals surface area contributed by atoms with Crippen LogP contribution in [-0.2, 0) is 0 Å². The second-order valence-corrected chi connectivity index (χ2v) is 4.06. The van der Waals surface area contributed by atoms with Crippen LogP contribution in [0.2, 0.25) is 0 Å². The highest BCUT2D eigenvalue weighted by molar-refractivity contribution is 5.71. The molecule has 0 heterocycles. The lowest BCUT2D eigenvalue weighted by Crippen LogP contribution is -1.82. The average Bonchev–Trinajstić information content (AvgIpc) is 2.97. The number of fused-ring (bicyclic) bond motifs is 1. The van der Waals surface area contributed by atoms with Crippen LogP contribution in [-0.4, -0.2) is 7.11 Å². The molecule has 0 N–H and O–H groups in total. The molecule has 0 amide bonds. The molecule has 14 heavy (non-hydrogen) atoms. The Morgan fingerprint density at radius 3 is 2.71 bits per heavy atom. The summed E-state index contributed by atoms with van der Waals surface area (Å²) in [7, 11) is 1.71. The van der Waals surface area contributed by atoms with Gasteiger partial charge in [0.15, 0.2) is 0 Å². The van der Waals surface area contributed by atoms with E-state index in [0.29, 0.717) is 0 Å². The van der Waals surface area contributed by atoms with Gasteiger partial charge in [-0.2, -0.15) is 6.07 Å². The minimum absolute atomic E-state index is 0.841. The van der Waals surface area contributed by atoms with Gasteiger partial charge in [-0.05, 0) is 18.8 Å². The highest BCUT2D eigenvalue weighted by Crippen LogP contribution is 2.44. The Morgan fingerprint density at radius 2 is 2.00 bits per heavy atom. The fraction of sp³-hybridized carbons (Fsp3) is 0.308. The zero-order valence-electron chi connectivity index (χ0n) is 8.29. The van der Waals surface area contributed by atoms with Crippen molar-refractivity contribution in [1.29, 1.82) is 0 Å². The molecule has 0 atom stereocenters. The maximum Gasteiger partial charge on any atom is 0.0743 e. The molecule has 1 saturated carbocycles. The second-order valence-electron chi connectivity index (χ2n) is 4.06. The number of benzene rings is 1. The van der Waals surface area contributed by atoms with E-state index in [-0.39, 0.29) is 0 Å². The van der Waals surface area contributed by atoms with Crippen molar-refractivity contribution >= 4 is 0 Å². The van der Waals surface area contributed by atoms with Crippen molar-refractivity contribution < 1.29 is 4.74 Å². The highest BCUT2D eigenvalue weighted by Gasteiger charge is 2.23. The van der Waals surface area contributed by atoms with Gasteiger partial charge in [0.2, 0.25) is 0 Å². The molecule has 3 rings (SSSR count). The number of ether oxygens (including phenoxy) is 1. The summed E-state index contributed by atoms with van der Waals surface area (Å²) < 4.78 is 5.21. The largest absolute Gasteiger partial charge is 0.522 e. The van der Waals surface area contributed by atoms with E-state index in [4.69, 9.17) is 4.74 Å². The van der Waals surface area contributed by atoms with Gasteiger partial charge in [0.1, 0.15) is 0 Å². The van der Waals surface area contributed by atoms with Crippen LogP contribution in [0.25, 0.3) is 11.1 Å². The molecule has 0 radical (unpaired) electrons. The van der Waals surface area contributed by atoms with Crippen molar-refractivity contribution in [2.45, 2.75) is 18.8 Å². The average molecular weight is 185 g/mol. The Bertz CT molecular complexity index is 423. The third-order valence-corrected chi connectivity index (χ3v) is 2.99. The van der Waals surface area contributed by atoms with Crippen LogP contribution >= 0.6 is 0 Å². The molecular formula is C13H13O-. The molecule has 3 aliphatic rings. The van der Waals surface area contributed by atoms with Gasteiger partial charge in [-0.3, -0.25) is 0 Å². The number of rotatable bonds is 2. The zero-order valence-corrected chi connectivity index (χ0v) is 8.29. The highest BCUT2D eigenvalue weighted by atomic mass is 16.5. The monoisotopic (exact) mass is 185 g/mol. The second kappa shape index (κ2) is 2.81. The maximum atomic E-state index is 5.21. The summed E-state index contributed by atoms with van der Waals surface area (Å²) in [6.07, 6.45) is 2.74. The standard InChI is InChI=1S/C13H13O/c1-14-13-5-4-10-6-11(9-2-3-9)7-12(10)8-13/h4-9H,2-3H2,1H3/q-1. The van der Waals surface area contributed by atoms with Gasteiger partial charge in [-0.15, -0.1) is 29.3 Å². The lowest BCUT2D eigenvalue weighted by molar-refractivity contribution is 0.415. The van der Waals surface area contributed by atoms with Gasteiger partial charge in [-0.1, -0.05) is 11.6 Å². The third kappa shape index (κ3) is 1.20. The smallest absolute Gasteiger partial charge is 0.0743 e. The van der Waals surface area contributed by atoms with Gasteiger partial charge in [0.05, 0.1) is 7.11 Å². The molecule has 0 aromatic carbocycles. The third-order valence-electron chi connectivity index (χ3n) is 2.99. The van der Waals surface area contributed by atoms with Crippen molar-refractivity contribution in [3.8, 4) is 16.9 Å². The van der Waals surface area contributed by atoms with Gasteiger partial charge in [0.25, 0.3) is 0 Å². The molecule has 0 aromatic rings. The van der Waals surface area contributed by atoms with Crippen molar-refractivity contribution in [2.24, 2.45) is 0 Å². The number of methoxy groups -OCH3 is 1. The van der Waals surface area contributed by atoms with Crippen molar-refractivity contribution in [3.05, 3.63) is 35.9 Å². The Hall–Kier alpha value is -1.37. The number of hydrogen-bond donors (Lipinski definition) is 0. The van der Waals surface area contributed by atoms with Gasteiger partial charge in [-0.25, -0.2) is 0 Å². The van der Waals surface area contributed by atoms with Crippen molar-refractivity contribution in [3.63, 3.8) is 0 Å². The fourth-order valence-corrected chi connectivity index (χ4v) is 1.99. The molecule has 0 bridgehead atoms. The first-order chi connectivity index (χ1) is 6.86. The van der Waals surface area contributed by atoms with E-state index >= 15 is 0 Å². The molecule has 0 unspecified atom stereocenters. The Labute approximate surface area is 84.0 Å². The Morgan fingerprint density at radius 1 is 1.21 bits per heavy atom. The molecule has 1 fully saturated rings. The summed E-state index contributed by atoms with van der Waals surface area (Å²) in [6.45, 7) is 0. The fourth-order valence-electron chi connectivity index (χ4n) is 1.99. The molecule has 0 aromatic heterocycles. The van der Waals surface area contributed by atoms with Crippen LogP contribution < -0.4 is 4.74 Å². The maximum absolute atomic E-state index is 5.21. The molecular weight excluding hydrogens is 172 g/mol. The molecule has 0 aliphatic heterocycles. The van der Waals surface area contributed by atoms with Gasteiger partial charge >= 0.3 is 0 Å². The topological polar surface area (TPSA) is 9.23 Å². The van der Waals surface area contributed by atoms with Crippen LogP contribution in [0.4, 0.5) is 0 Å². The van der Waals surface area contributed by atoms with Crippen LogP contribution in [0, 0.1) is 0 Å². The summed E-state index contributed by atoms with van der Waals surface area (Å²) in [5, 5.41) is 0. The molecule has 3 aliphatic carbocycles. The predicted octanol–water partition coefficient (Wildman–Crippen LogP) is 3.40. The first-order valence-corrected chi connectivity index (χ1v) is 5.11. The van der Waals surface area contributed by atoms with E-state index in [0.717, 1.165) is 11.7 Å². The zero-order chi connectivity index (χ0) is 9.54. The lowest BCUT2D eigenvalue weighted by atomic mass is 10.1. The summed E-state index contributed by atoms with van der Waals surface area (Å²) >= 11 is 0. The normalized spacial score (nSPS) is 16.1.